The Morgan fingerprint density at radius 1 is 1.22 bits per heavy atom. The van der Waals surface area contributed by atoms with E-state index in [2.05, 4.69) is 5.32 Å². The van der Waals surface area contributed by atoms with Gasteiger partial charge in [0.15, 0.2) is 5.60 Å². The van der Waals surface area contributed by atoms with Crippen LogP contribution in [0.25, 0.3) is 0 Å². The van der Waals surface area contributed by atoms with Gasteiger partial charge in [0.1, 0.15) is 10.6 Å². The number of carboxylic acids is 1. The minimum Gasteiger partial charge on any atom is -0.478 e. The van der Waals surface area contributed by atoms with Crippen molar-refractivity contribution in [3.63, 3.8) is 0 Å². The summed E-state index contributed by atoms with van der Waals surface area (Å²) in [4.78, 5) is 24.1. The first-order chi connectivity index (χ1) is 10.8. The van der Waals surface area contributed by atoms with E-state index in [9.17, 15) is 9.59 Å². The van der Waals surface area contributed by atoms with Gasteiger partial charge in [0, 0.05) is 9.90 Å². The molecule has 1 amide bonds. The Morgan fingerprint density at radius 3 is 2.43 bits per heavy atom. The number of carboxylic acid groups (broad SMARTS) is 1. The molecule has 2 rings (SSSR count). The summed E-state index contributed by atoms with van der Waals surface area (Å²) in [6, 6.07) is 9.95. The summed E-state index contributed by atoms with van der Waals surface area (Å²) in [6.07, 6.45) is 0. The summed E-state index contributed by atoms with van der Waals surface area (Å²) < 4.78 is 5.69. The predicted octanol–water partition coefficient (Wildman–Crippen LogP) is 3.57. The third-order valence-electron chi connectivity index (χ3n) is 3.03. The lowest BCUT2D eigenvalue weighted by molar-refractivity contribution is -0.134. The Labute approximate surface area is 142 Å². The molecule has 0 bridgehead atoms. The summed E-state index contributed by atoms with van der Waals surface area (Å²) in [7, 11) is 0. The zero-order valence-corrected chi connectivity index (χ0v) is 14.2. The number of hydrogen-bond acceptors (Lipinski definition) is 4. The van der Waals surface area contributed by atoms with Gasteiger partial charge < -0.3 is 15.2 Å². The Morgan fingerprint density at radius 2 is 1.87 bits per heavy atom. The molecule has 0 aliphatic heterocycles. The Balaban J connectivity index is 1.94. The van der Waals surface area contributed by atoms with Gasteiger partial charge in [0.05, 0.1) is 6.54 Å². The maximum atomic E-state index is 12.3. The lowest BCUT2D eigenvalue weighted by Gasteiger charge is -2.25. The molecule has 0 atom stereocenters. The van der Waals surface area contributed by atoms with Crippen molar-refractivity contribution in [1.29, 1.82) is 0 Å². The highest BCUT2D eigenvalue weighted by atomic mass is 35.5. The molecular formula is C16H16ClNO4S. The van der Waals surface area contributed by atoms with Crippen molar-refractivity contribution in [3.05, 3.63) is 51.2 Å². The number of hydrogen-bond donors (Lipinski definition) is 2. The second-order valence-electron chi connectivity index (χ2n) is 5.32. The van der Waals surface area contributed by atoms with Gasteiger partial charge in [-0.2, -0.15) is 0 Å². The molecule has 0 fully saturated rings. The largest absolute Gasteiger partial charge is 0.478 e. The number of aromatic carboxylic acids is 1. The number of halogens is 1. The normalized spacial score (nSPS) is 11.1. The molecule has 0 saturated heterocycles. The lowest BCUT2D eigenvalue weighted by atomic mass is 10.1. The summed E-state index contributed by atoms with van der Waals surface area (Å²) in [5, 5.41) is 12.2. The number of carbonyl (C=O) groups excluding carboxylic acids is 1. The van der Waals surface area contributed by atoms with Gasteiger partial charge in [-0.05, 0) is 50.2 Å². The van der Waals surface area contributed by atoms with Crippen LogP contribution in [0.4, 0.5) is 0 Å². The van der Waals surface area contributed by atoms with Crippen LogP contribution in [0.3, 0.4) is 0 Å². The summed E-state index contributed by atoms with van der Waals surface area (Å²) in [6.45, 7) is 3.58. The van der Waals surface area contributed by atoms with Crippen LogP contribution in [0.2, 0.25) is 5.02 Å². The SMILES string of the molecule is CC(C)(Oc1ccc(Cl)cc1)C(=O)NCc1ccc(C(=O)O)s1. The predicted molar refractivity (Wildman–Crippen MR) is 89.3 cm³/mol. The molecule has 1 aromatic heterocycles. The molecule has 122 valence electrons. The van der Waals surface area contributed by atoms with E-state index in [1.807, 2.05) is 0 Å². The zero-order chi connectivity index (χ0) is 17.0. The van der Waals surface area contributed by atoms with Crippen LogP contribution in [0.5, 0.6) is 5.75 Å². The van der Waals surface area contributed by atoms with E-state index in [1.54, 1.807) is 44.2 Å². The van der Waals surface area contributed by atoms with Crippen LogP contribution in [0.15, 0.2) is 36.4 Å². The van der Waals surface area contributed by atoms with Crippen molar-refractivity contribution in [3.8, 4) is 5.75 Å². The van der Waals surface area contributed by atoms with Crippen molar-refractivity contribution in [2.45, 2.75) is 26.0 Å². The number of benzene rings is 1. The van der Waals surface area contributed by atoms with E-state index in [-0.39, 0.29) is 17.3 Å². The molecule has 1 heterocycles. The summed E-state index contributed by atoms with van der Waals surface area (Å²) >= 11 is 6.94. The van der Waals surface area contributed by atoms with E-state index in [0.717, 1.165) is 16.2 Å². The highest BCUT2D eigenvalue weighted by Crippen LogP contribution is 2.21. The van der Waals surface area contributed by atoms with Crippen LogP contribution >= 0.6 is 22.9 Å². The topological polar surface area (TPSA) is 75.6 Å². The van der Waals surface area contributed by atoms with E-state index in [1.165, 1.54) is 6.07 Å². The number of nitrogens with one attached hydrogen (secondary N) is 1. The third-order valence-corrected chi connectivity index (χ3v) is 4.35. The molecule has 0 unspecified atom stereocenters. The van der Waals surface area contributed by atoms with Crippen LogP contribution in [-0.2, 0) is 11.3 Å². The number of thiophene rings is 1. The fourth-order valence-electron chi connectivity index (χ4n) is 1.81. The average Bonchev–Trinajstić information content (AvgIpc) is 2.96. The van der Waals surface area contributed by atoms with Gasteiger partial charge in [-0.1, -0.05) is 11.6 Å². The van der Waals surface area contributed by atoms with Gasteiger partial charge in [-0.15, -0.1) is 11.3 Å². The van der Waals surface area contributed by atoms with Crippen molar-refractivity contribution in [2.75, 3.05) is 0 Å². The van der Waals surface area contributed by atoms with Crippen molar-refractivity contribution < 1.29 is 19.4 Å². The monoisotopic (exact) mass is 353 g/mol. The standard InChI is InChI=1S/C16H16ClNO4S/c1-16(2,22-11-5-3-10(17)4-6-11)15(21)18-9-12-7-8-13(23-12)14(19)20/h3-8H,9H2,1-2H3,(H,18,21)(H,19,20). The second kappa shape index (κ2) is 7.02. The van der Waals surface area contributed by atoms with Gasteiger partial charge >= 0.3 is 5.97 Å². The minimum atomic E-state index is -1.07. The van der Waals surface area contributed by atoms with Gasteiger partial charge in [0.2, 0.25) is 0 Å². The van der Waals surface area contributed by atoms with Crippen LogP contribution in [-0.4, -0.2) is 22.6 Å². The molecule has 7 heteroatoms. The zero-order valence-electron chi connectivity index (χ0n) is 12.6. The molecule has 0 radical (unpaired) electrons. The van der Waals surface area contributed by atoms with Gasteiger partial charge in [-0.25, -0.2) is 4.79 Å². The summed E-state index contributed by atoms with van der Waals surface area (Å²) in [5.41, 5.74) is -1.07. The van der Waals surface area contributed by atoms with Crippen molar-refractivity contribution in [1.82, 2.24) is 5.32 Å². The molecule has 2 aromatic rings. The van der Waals surface area contributed by atoms with Gasteiger partial charge in [-0.3, -0.25) is 4.79 Å². The fraction of sp³-hybridized carbons (Fsp3) is 0.250. The molecule has 0 aliphatic carbocycles. The molecular weight excluding hydrogens is 338 g/mol. The van der Waals surface area contributed by atoms with E-state index < -0.39 is 11.6 Å². The van der Waals surface area contributed by atoms with Crippen LogP contribution in [0, 0.1) is 0 Å². The quantitative estimate of drug-likeness (QED) is 0.832. The molecule has 23 heavy (non-hydrogen) atoms. The lowest BCUT2D eigenvalue weighted by Crippen LogP contribution is -2.46. The molecule has 0 saturated carbocycles. The summed E-state index contributed by atoms with van der Waals surface area (Å²) in [5.74, 6) is -0.726. The van der Waals surface area contributed by atoms with Crippen LogP contribution < -0.4 is 10.1 Å². The maximum Gasteiger partial charge on any atom is 0.345 e. The number of carbonyl (C=O) groups is 2. The maximum absolute atomic E-state index is 12.3. The molecule has 0 aliphatic rings. The smallest absolute Gasteiger partial charge is 0.345 e. The fourth-order valence-corrected chi connectivity index (χ4v) is 2.72. The second-order valence-corrected chi connectivity index (χ2v) is 6.92. The number of amides is 1. The Kier molecular flexibility index (Phi) is 5.28. The molecule has 0 spiro atoms. The highest BCUT2D eigenvalue weighted by molar-refractivity contribution is 7.13. The van der Waals surface area contributed by atoms with Crippen molar-refractivity contribution in [2.24, 2.45) is 0 Å². The number of ether oxygens (including phenoxy) is 1. The van der Waals surface area contributed by atoms with Gasteiger partial charge in [0.25, 0.3) is 5.91 Å². The third kappa shape index (κ3) is 4.71. The Hall–Kier alpha value is -2.05. The molecule has 1 aromatic carbocycles. The number of rotatable bonds is 6. The highest BCUT2D eigenvalue weighted by Gasteiger charge is 2.29. The van der Waals surface area contributed by atoms with Crippen molar-refractivity contribution >= 4 is 34.8 Å². The Bertz CT molecular complexity index is 709. The van der Waals surface area contributed by atoms with E-state index >= 15 is 0 Å². The first-order valence-corrected chi connectivity index (χ1v) is 8.02. The van der Waals surface area contributed by atoms with Crippen LogP contribution in [0.1, 0.15) is 28.4 Å². The van der Waals surface area contributed by atoms with E-state index in [4.69, 9.17) is 21.4 Å². The first-order valence-electron chi connectivity index (χ1n) is 6.83. The average molecular weight is 354 g/mol. The first kappa shape index (κ1) is 17.3. The molecule has 5 nitrogen and oxygen atoms in total. The minimum absolute atomic E-state index is 0.242. The van der Waals surface area contributed by atoms with E-state index in [0.29, 0.717) is 10.8 Å². The molecule has 2 N–H and O–H groups in total.